The third-order valence-corrected chi connectivity index (χ3v) is 9.07. The summed E-state index contributed by atoms with van der Waals surface area (Å²) in [6.45, 7) is 2.47. The van der Waals surface area contributed by atoms with Crippen molar-refractivity contribution in [3.8, 4) is 0 Å². The first-order chi connectivity index (χ1) is 15.4. The van der Waals surface area contributed by atoms with Crippen LogP contribution in [0.2, 0.25) is 0 Å². The number of fused-ring (bicyclic) bond motifs is 3. The Morgan fingerprint density at radius 3 is 2.03 bits per heavy atom. The molecular weight excluding hydrogens is 376 g/mol. The SMILES string of the molecule is c1cc2c(c3c1CCCN3C1CCCCCCCCC1)NCCC2C1CCCCCC1. The number of hydrogen-bond donors (Lipinski definition) is 1. The lowest BCUT2D eigenvalue weighted by Crippen LogP contribution is -2.40. The predicted molar refractivity (Wildman–Crippen MR) is 134 cm³/mol. The molecule has 5 rings (SSSR count). The van der Waals surface area contributed by atoms with Crippen LogP contribution in [-0.2, 0) is 6.42 Å². The first-order valence-electron chi connectivity index (χ1n) is 14.1. The van der Waals surface area contributed by atoms with E-state index in [1.54, 1.807) is 22.5 Å². The highest BCUT2D eigenvalue weighted by Crippen LogP contribution is 2.48. The molecule has 2 aliphatic heterocycles. The summed E-state index contributed by atoms with van der Waals surface area (Å²) in [7, 11) is 0. The zero-order valence-corrected chi connectivity index (χ0v) is 20.0. The van der Waals surface area contributed by atoms with Gasteiger partial charge in [-0.3, -0.25) is 0 Å². The number of anilines is 2. The van der Waals surface area contributed by atoms with E-state index in [0.29, 0.717) is 0 Å². The van der Waals surface area contributed by atoms with Crippen molar-refractivity contribution in [1.82, 2.24) is 0 Å². The van der Waals surface area contributed by atoms with Gasteiger partial charge in [-0.1, -0.05) is 82.8 Å². The fraction of sp³-hybridized carbons (Fsp3) is 0.793. The molecule has 2 heterocycles. The Bertz CT molecular complexity index is 693. The average molecular weight is 423 g/mol. The normalized spacial score (nSPS) is 27.0. The molecule has 0 spiro atoms. The van der Waals surface area contributed by atoms with Gasteiger partial charge in [0.2, 0.25) is 0 Å². The number of nitrogens with zero attached hydrogens (tertiary/aromatic N) is 1. The predicted octanol–water partition coefficient (Wildman–Crippen LogP) is 8.20. The monoisotopic (exact) mass is 422 g/mol. The number of nitrogens with one attached hydrogen (secondary N) is 1. The fourth-order valence-electron chi connectivity index (χ4n) is 7.40. The average Bonchev–Trinajstić information content (AvgIpc) is 3.11. The summed E-state index contributed by atoms with van der Waals surface area (Å²) in [5.41, 5.74) is 6.53. The maximum atomic E-state index is 3.95. The Kier molecular flexibility index (Phi) is 7.42. The third-order valence-electron chi connectivity index (χ3n) is 9.07. The van der Waals surface area contributed by atoms with E-state index >= 15 is 0 Å². The molecule has 172 valence electrons. The maximum Gasteiger partial charge on any atom is 0.0640 e. The van der Waals surface area contributed by atoms with Gasteiger partial charge >= 0.3 is 0 Å². The molecule has 2 fully saturated rings. The van der Waals surface area contributed by atoms with Crippen molar-refractivity contribution in [2.24, 2.45) is 5.92 Å². The van der Waals surface area contributed by atoms with Gasteiger partial charge in [0.15, 0.2) is 0 Å². The number of aryl methyl sites for hydroxylation is 1. The van der Waals surface area contributed by atoms with E-state index in [4.69, 9.17) is 0 Å². The van der Waals surface area contributed by atoms with Crippen molar-refractivity contribution in [2.45, 2.75) is 128 Å². The minimum Gasteiger partial charge on any atom is -0.383 e. The highest BCUT2D eigenvalue weighted by atomic mass is 15.2. The largest absolute Gasteiger partial charge is 0.383 e. The van der Waals surface area contributed by atoms with Gasteiger partial charge in [0.1, 0.15) is 0 Å². The van der Waals surface area contributed by atoms with E-state index in [2.05, 4.69) is 22.3 Å². The molecule has 31 heavy (non-hydrogen) atoms. The summed E-state index contributed by atoms with van der Waals surface area (Å²) < 4.78 is 0. The summed E-state index contributed by atoms with van der Waals surface area (Å²) in [4.78, 5) is 2.90. The van der Waals surface area contributed by atoms with Crippen LogP contribution >= 0.6 is 0 Å². The molecule has 0 radical (unpaired) electrons. The lowest BCUT2D eigenvalue weighted by molar-refractivity contribution is 0.359. The topological polar surface area (TPSA) is 15.3 Å². The van der Waals surface area contributed by atoms with Crippen LogP contribution in [0.4, 0.5) is 11.4 Å². The highest BCUT2D eigenvalue weighted by molar-refractivity contribution is 5.79. The Balaban J connectivity index is 1.44. The van der Waals surface area contributed by atoms with Crippen LogP contribution in [0, 0.1) is 5.92 Å². The van der Waals surface area contributed by atoms with Crippen molar-refractivity contribution in [1.29, 1.82) is 0 Å². The first-order valence-corrected chi connectivity index (χ1v) is 14.1. The Morgan fingerprint density at radius 2 is 1.32 bits per heavy atom. The number of rotatable bonds is 2. The van der Waals surface area contributed by atoms with Crippen LogP contribution in [0.15, 0.2) is 12.1 Å². The van der Waals surface area contributed by atoms with Gasteiger partial charge in [-0.25, -0.2) is 0 Å². The van der Waals surface area contributed by atoms with Gasteiger partial charge < -0.3 is 10.2 Å². The molecule has 0 bridgehead atoms. The van der Waals surface area contributed by atoms with Gasteiger partial charge in [0, 0.05) is 19.1 Å². The Labute approximate surface area is 191 Å². The van der Waals surface area contributed by atoms with Crippen LogP contribution in [-0.4, -0.2) is 19.1 Å². The smallest absolute Gasteiger partial charge is 0.0640 e. The maximum absolute atomic E-state index is 3.95. The molecule has 1 aromatic carbocycles. The van der Waals surface area contributed by atoms with E-state index in [1.165, 1.54) is 129 Å². The fourth-order valence-corrected chi connectivity index (χ4v) is 7.40. The lowest BCUT2D eigenvalue weighted by Gasteiger charge is -2.43. The zero-order valence-electron chi connectivity index (χ0n) is 20.0. The minimum atomic E-state index is 0.767. The summed E-state index contributed by atoms with van der Waals surface area (Å²) >= 11 is 0. The highest BCUT2D eigenvalue weighted by Gasteiger charge is 2.34. The number of hydrogen-bond acceptors (Lipinski definition) is 2. The Morgan fingerprint density at radius 1 is 0.677 bits per heavy atom. The van der Waals surface area contributed by atoms with Crippen molar-refractivity contribution in [3.05, 3.63) is 23.3 Å². The Hall–Kier alpha value is -1.18. The quantitative estimate of drug-likeness (QED) is 0.483. The molecule has 2 nitrogen and oxygen atoms in total. The van der Waals surface area contributed by atoms with E-state index in [1.807, 2.05) is 0 Å². The minimum absolute atomic E-state index is 0.767. The summed E-state index contributed by atoms with van der Waals surface area (Å²) in [6, 6.07) is 5.85. The van der Waals surface area contributed by atoms with Crippen LogP contribution in [0.3, 0.4) is 0 Å². The third kappa shape index (κ3) is 4.93. The van der Waals surface area contributed by atoms with Crippen LogP contribution in [0.5, 0.6) is 0 Å². The van der Waals surface area contributed by atoms with E-state index in [9.17, 15) is 0 Å². The molecular formula is C29H46N2. The molecule has 1 aromatic rings. The molecule has 1 unspecified atom stereocenters. The van der Waals surface area contributed by atoms with Gasteiger partial charge in [-0.2, -0.15) is 0 Å². The molecule has 1 N–H and O–H groups in total. The second-order valence-electron chi connectivity index (χ2n) is 11.1. The van der Waals surface area contributed by atoms with E-state index in [0.717, 1.165) is 17.9 Å². The van der Waals surface area contributed by atoms with Crippen molar-refractivity contribution in [2.75, 3.05) is 23.3 Å². The van der Waals surface area contributed by atoms with Gasteiger partial charge in [0.05, 0.1) is 11.4 Å². The summed E-state index contributed by atoms with van der Waals surface area (Å²) in [6.07, 6.45) is 25.7. The molecule has 0 aromatic heterocycles. The van der Waals surface area contributed by atoms with Crippen LogP contribution in [0.25, 0.3) is 0 Å². The molecule has 2 aliphatic carbocycles. The van der Waals surface area contributed by atoms with Crippen molar-refractivity contribution >= 4 is 11.4 Å². The van der Waals surface area contributed by atoms with Crippen molar-refractivity contribution < 1.29 is 0 Å². The van der Waals surface area contributed by atoms with E-state index < -0.39 is 0 Å². The van der Waals surface area contributed by atoms with Crippen LogP contribution in [0.1, 0.15) is 126 Å². The standard InChI is InChI=1S/C29H46N2/c1-2-4-10-16-25(17-11-5-3-1)31-22-12-15-24-18-19-27-26(20-21-30-28(27)29(24)31)23-13-8-6-7-9-14-23/h18-19,23,25-26,30H,1-17,20-22H2. The first kappa shape index (κ1) is 21.7. The van der Waals surface area contributed by atoms with Crippen LogP contribution < -0.4 is 10.2 Å². The molecule has 0 saturated heterocycles. The molecule has 0 amide bonds. The second kappa shape index (κ2) is 10.6. The van der Waals surface area contributed by atoms with Gasteiger partial charge in [-0.15, -0.1) is 0 Å². The summed E-state index contributed by atoms with van der Waals surface area (Å²) in [5.74, 6) is 1.72. The van der Waals surface area contributed by atoms with Gasteiger partial charge in [-0.05, 0) is 67.9 Å². The number of benzene rings is 1. The van der Waals surface area contributed by atoms with Crippen molar-refractivity contribution in [3.63, 3.8) is 0 Å². The van der Waals surface area contributed by atoms with E-state index in [-0.39, 0.29) is 0 Å². The molecule has 2 saturated carbocycles. The molecule has 1 atom stereocenters. The molecule has 2 heteroatoms. The lowest BCUT2D eigenvalue weighted by atomic mass is 9.76. The summed E-state index contributed by atoms with van der Waals surface area (Å²) in [5, 5.41) is 3.95. The second-order valence-corrected chi connectivity index (χ2v) is 11.1. The zero-order chi connectivity index (χ0) is 20.9. The van der Waals surface area contributed by atoms with Gasteiger partial charge in [0.25, 0.3) is 0 Å². The molecule has 4 aliphatic rings.